The molecule has 1 atom stereocenters. The molecule has 15 heavy (non-hydrogen) atoms. The van der Waals surface area contributed by atoms with Gasteiger partial charge in [0.2, 0.25) is 0 Å². The van der Waals surface area contributed by atoms with Crippen LogP contribution in [0.5, 0.6) is 0 Å². The van der Waals surface area contributed by atoms with Crippen LogP contribution in [0.1, 0.15) is 15.9 Å². The molecule has 1 aliphatic rings. The summed E-state index contributed by atoms with van der Waals surface area (Å²) in [4.78, 5) is 14.0. The van der Waals surface area contributed by atoms with Crippen molar-refractivity contribution < 1.29 is 9.53 Å². The van der Waals surface area contributed by atoms with Crippen LogP contribution in [0.25, 0.3) is 0 Å². The van der Waals surface area contributed by atoms with Crippen molar-refractivity contribution in [2.24, 2.45) is 0 Å². The van der Waals surface area contributed by atoms with E-state index in [1.165, 1.54) is 0 Å². The number of nitrogens with zero attached hydrogens (tertiary/aromatic N) is 1. The molecule has 1 heterocycles. The van der Waals surface area contributed by atoms with Crippen molar-refractivity contribution in [3.63, 3.8) is 0 Å². The quantitative estimate of drug-likeness (QED) is 0.729. The number of Topliss-reactive ketones (excluding diaryl/α,β-unsaturated/α-hetero) is 1. The number of likely N-dealkylation sites (N-methyl/N-ethyl adjacent to an activating group) is 1. The summed E-state index contributed by atoms with van der Waals surface area (Å²) in [6, 6.07) is 7.65. The number of ketones is 1. The SMILES string of the molecule is CN(C)CC1OCc2ccccc2C1=O. The van der Waals surface area contributed by atoms with Crippen LogP contribution >= 0.6 is 0 Å². The lowest BCUT2D eigenvalue weighted by atomic mass is 9.98. The average Bonchev–Trinajstić information content (AvgIpc) is 2.22. The molecule has 80 valence electrons. The Morgan fingerprint density at radius 2 is 2.13 bits per heavy atom. The predicted octanol–water partition coefficient (Wildman–Crippen LogP) is 1.33. The number of benzene rings is 1. The van der Waals surface area contributed by atoms with E-state index in [0.717, 1.165) is 11.1 Å². The van der Waals surface area contributed by atoms with Crippen LogP contribution in [0.2, 0.25) is 0 Å². The first-order valence-corrected chi connectivity index (χ1v) is 5.07. The van der Waals surface area contributed by atoms with Crippen molar-refractivity contribution in [1.29, 1.82) is 0 Å². The lowest BCUT2D eigenvalue weighted by molar-refractivity contribution is 0.0166. The number of fused-ring (bicyclic) bond motifs is 1. The lowest BCUT2D eigenvalue weighted by Gasteiger charge is -2.26. The van der Waals surface area contributed by atoms with E-state index in [0.29, 0.717) is 13.2 Å². The second-order valence-corrected chi connectivity index (χ2v) is 4.08. The minimum absolute atomic E-state index is 0.102. The highest BCUT2D eigenvalue weighted by molar-refractivity contribution is 6.01. The second-order valence-electron chi connectivity index (χ2n) is 4.08. The molecule has 1 aromatic rings. The van der Waals surface area contributed by atoms with E-state index in [2.05, 4.69) is 0 Å². The smallest absolute Gasteiger partial charge is 0.193 e. The molecule has 0 saturated heterocycles. The fourth-order valence-corrected chi connectivity index (χ4v) is 1.79. The zero-order valence-electron chi connectivity index (χ0n) is 9.06. The number of ether oxygens (including phenoxy) is 1. The number of hydrogen-bond donors (Lipinski definition) is 0. The third-order valence-electron chi connectivity index (χ3n) is 2.55. The van der Waals surface area contributed by atoms with E-state index in [1.807, 2.05) is 43.3 Å². The van der Waals surface area contributed by atoms with Crippen molar-refractivity contribution in [3.8, 4) is 0 Å². The normalized spacial score (nSPS) is 20.5. The van der Waals surface area contributed by atoms with Crippen molar-refractivity contribution in [2.75, 3.05) is 20.6 Å². The number of rotatable bonds is 2. The van der Waals surface area contributed by atoms with Gasteiger partial charge < -0.3 is 9.64 Å². The van der Waals surface area contributed by atoms with E-state index in [4.69, 9.17) is 4.74 Å². The van der Waals surface area contributed by atoms with Crippen LogP contribution in [0.4, 0.5) is 0 Å². The molecule has 0 aromatic heterocycles. The largest absolute Gasteiger partial charge is 0.364 e. The molecule has 3 heteroatoms. The van der Waals surface area contributed by atoms with E-state index >= 15 is 0 Å². The number of hydrogen-bond acceptors (Lipinski definition) is 3. The summed E-state index contributed by atoms with van der Waals surface area (Å²) in [6.45, 7) is 1.19. The van der Waals surface area contributed by atoms with E-state index in [-0.39, 0.29) is 11.9 Å². The topological polar surface area (TPSA) is 29.5 Å². The first-order chi connectivity index (χ1) is 7.18. The van der Waals surface area contributed by atoms with Gasteiger partial charge in [-0.1, -0.05) is 24.3 Å². The molecule has 0 aliphatic carbocycles. The predicted molar refractivity (Wildman–Crippen MR) is 57.9 cm³/mol. The third kappa shape index (κ3) is 2.08. The van der Waals surface area contributed by atoms with E-state index in [9.17, 15) is 4.79 Å². The standard InChI is InChI=1S/C12H15NO2/c1-13(2)7-11-12(14)10-6-4-3-5-9(10)8-15-11/h3-6,11H,7-8H2,1-2H3. The number of carbonyl (C=O) groups excluding carboxylic acids is 1. The Morgan fingerprint density at radius 3 is 2.87 bits per heavy atom. The van der Waals surface area contributed by atoms with Crippen LogP contribution in [-0.2, 0) is 11.3 Å². The summed E-state index contributed by atoms with van der Waals surface area (Å²) in [6.07, 6.45) is -0.310. The Morgan fingerprint density at radius 1 is 1.40 bits per heavy atom. The molecule has 0 fully saturated rings. The third-order valence-corrected chi connectivity index (χ3v) is 2.55. The average molecular weight is 205 g/mol. The highest BCUT2D eigenvalue weighted by atomic mass is 16.5. The summed E-state index contributed by atoms with van der Waals surface area (Å²) in [5.41, 5.74) is 1.81. The van der Waals surface area contributed by atoms with Gasteiger partial charge in [-0.25, -0.2) is 0 Å². The molecule has 2 rings (SSSR count). The highest BCUT2D eigenvalue weighted by Crippen LogP contribution is 2.20. The van der Waals surface area contributed by atoms with Crippen molar-refractivity contribution in [3.05, 3.63) is 35.4 Å². The molecule has 0 saturated carbocycles. The van der Waals surface area contributed by atoms with Gasteiger partial charge in [-0.3, -0.25) is 4.79 Å². The molecule has 0 spiro atoms. The number of carbonyl (C=O) groups is 1. The van der Waals surface area contributed by atoms with Gasteiger partial charge in [-0.2, -0.15) is 0 Å². The minimum atomic E-state index is -0.310. The van der Waals surface area contributed by atoms with Crippen LogP contribution in [0.3, 0.4) is 0 Å². The lowest BCUT2D eigenvalue weighted by Crippen LogP contribution is -2.38. The summed E-state index contributed by atoms with van der Waals surface area (Å²) >= 11 is 0. The summed E-state index contributed by atoms with van der Waals surface area (Å²) in [5, 5.41) is 0. The molecular weight excluding hydrogens is 190 g/mol. The van der Waals surface area contributed by atoms with Crippen LogP contribution < -0.4 is 0 Å². The van der Waals surface area contributed by atoms with Gasteiger partial charge in [0, 0.05) is 12.1 Å². The van der Waals surface area contributed by atoms with Crippen LogP contribution in [0.15, 0.2) is 24.3 Å². The zero-order valence-corrected chi connectivity index (χ0v) is 9.06. The first kappa shape index (κ1) is 10.3. The van der Waals surface area contributed by atoms with Crippen LogP contribution in [0, 0.1) is 0 Å². The van der Waals surface area contributed by atoms with E-state index in [1.54, 1.807) is 0 Å². The zero-order chi connectivity index (χ0) is 10.8. The molecule has 1 aliphatic heterocycles. The molecule has 1 unspecified atom stereocenters. The molecule has 3 nitrogen and oxygen atoms in total. The molecule has 0 N–H and O–H groups in total. The summed E-state index contributed by atoms with van der Waals surface area (Å²) in [5.74, 6) is 0.102. The molecule has 0 radical (unpaired) electrons. The first-order valence-electron chi connectivity index (χ1n) is 5.07. The Balaban J connectivity index is 2.22. The van der Waals surface area contributed by atoms with E-state index < -0.39 is 0 Å². The highest BCUT2D eigenvalue weighted by Gasteiger charge is 2.27. The maximum Gasteiger partial charge on any atom is 0.193 e. The van der Waals surface area contributed by atoms with Gasteiger partial charge in [0.05, 0.1) is 6.61 Å². The minimum Gasteiger partial charge on any atom is -0.364 e. The maximum atomic E-state index is 12.0. The van der Waals surface area contributed by atoms with Gasteiger partial charge in [0.1, 0.15) is 6.10 Å². The fourth-order valence-electron chi connectivity index (χ4n) is 1.79. The Hall–Kier alpha value is -1.19. The maximum absolute atomic E-state index is 12.0. The van der Waals surface area contributed by atoms with Crippen LogP contribution in [-0.4, -0.2) is 37.4 Å². The Labute approximate surface area is 89.7 Å². The van der Waals surface area contributed by atoms with Gasteiger partial charge in [-0.05, 0) is 19.7 Å². The van der Waals surface area contributed by atoms with Gasteiger partial charge in [0.15, 0.2) is 5.78 Å². The molecule has 0 amide bonds. The second kappa shape index (κ2) is 4.13. The summed E-state index contributed by atoms with van der Waals surface area (Å²) < 4.78 is 5.54. The van der Waals surface area contributed by atoms with Gasteiger partial charge in [0.25, 0.3) is 0 Å². The summed E-state index contributed by atoms with van der Waals surface area (Å²) in [7, 11) is 3.88. The Bertz CT molecular complexity index is 374. The van der Waals surface area contributed by atoms with Crippen molar-refractivity contribution in [2.45, 2.75) is 12.7 Å². The molecular formula is C12H15NO2. The molecule has 1 aromatic carbocycles. The van der Waals surface area contributed by atoms with Crippen molar-refractivity contribution in [1.82, 2.24) is 4.90 Å². The van der Waals surface area contributed by atoms with Gasteiger partial charge >= 0.3 is 0 Å². The Kier molecular flexibility index (Phi) is 2.84. The van der Waals surface area contributed by atoms with Crippen molar-refractivity contribution >= 4 is 5.78 Å². The molecule has 0 bridgehead atoms. The fraction of sp³-hybridized carbons (Fsp3) is 0.417. The monoisotopic (exact) mass is 205 g/mol. The van der Waals surface area contributed by atoms with Gasteiger partial charge in [-0.15, -0.1) is 0 Å².